The third-order valence-electron chi connectivity index (χ3n) is 6.31. The molecule has 9 heteroatoms. The van der Waals surface area contributed by atoms with Gasteiger partial charge in [0.1, 0.15) is 11.4 Å². The number of nitrogens with zero attached hydrogens (tertiary/aromatic N) is 1. The van der Waals surface area contributed by atoms with E-state index in [9.17, 15) is 19.5 Å². The van der Waals surface area contributed by atoms with Gasteiger partial charge in [-0.15, -0.1) is 0 Å². The van der Waals surface area contributed by atoms with E-state index in [0.717, 1.165) is 12.8 Å². The van der Waals surface area contributed by atoms with Gasteiger partial charge in [0.15, 0.2) is 5.76 Å². The molecule has 35 heavy (non-hydrogen) atoms. The normalized spacial score (nSPS) is 17.6. The minimum Gasteiger partial charge on any atom is -0.481 e. The van der Waals surface area contributed by atoms with Crippen LogP contribution >= 0.6 is 0 Å². The number of amidine groups is 1. The number of aliphatic carboxylic acids is 1. The first-order chi connectivity index (χ1) is 16.8. The number of hydrogen-bond acceptors (Lipinski definition) is 5. The molecular formula is C26H28N4O5. The lowest BCUT2D eigenvalue weighted by atomic mass is 10.0. The van der Waals surface area contributed by atoms with E-state index >= 15 is 0 Å². The fourth-order valence-corrected chi connectivity index (χ4v) is 4.56. The molecule has 2 atom stereocenters. The first kappa shape index (κ1) is 24.0. The number of nitrogen functional groups attached to an aromatic ring is 1. The minimum absolute atomic E-state index is 0.0757. The predicted octanol–water partition coefficient (Wildman–Crippen LogP) is 2.77. The number of carbonyl (C=O) groups excluding carboxylic acids is 2. The van der Waals surface area contributed by atoms with Crippen molar-refractivity contribution in [3.8, 4) is 0 Å². The third kappa shape index (κ3) is 5.68. The average Bonchev–Trinajstić information content (AvgIpc) is 3.39. The Bertz CT molecular complexity index is 1250. The predicted molar refractivity (Wildman–Crippen MR) is 130 cm³/mol. The van der Waals surface area contributed by atoms with Gasteiger partial charge in [-0.2, -0.15) is 0 Å². The van der Waals surface area contributed by atoms with E-state index in [4.69, 9.17) is 15.6 Å². The number of hydrogen-bond donors (Lipinski definition) is 4. The number of nitrogens with two attached hydrogens (primary N) is 1. The average molecular weight is 477 g/mol. The number of fused-ring (bicyclic) bond motifs is 1. The van der Waals surface area contributed by atoms with E-state index in [1.165, 1.54) is 5.56 Å². The lowest BCUT2D eigenvalue weighted by Gasteiger charge is -2.25. The second-order valence-corrected chi connectivity index (χ2v) is 8.79. The van der Waals surface area contributed by atoms with Crippen molar-refractivity contribution in [1.82, 2.24) is 10.2 Å². The van der Waals surface area contributed by atoms with Gasteiger partial charge in [-0.25, -0.2) is 0 Å². The summed E-state index contributed by atoms with van der Waals surface area (Å²) in [6, 6.07) is 16.2. The van der Waals surface area contributed by atoms with Crippen molar-refractivity contribution in [3.05, 3.63) is 71.5 Å². The van der Waals surface area contributed by atoms with E-state index in [2.05, 4.69) is 5.32 Å². The molecule has 1 aliphatic heterocycles. The molecule has 1 aliphatic rings. The highest BCUT2D eigenvalue weighted by Crippen LogP contribution is 2.28. The van der Waals surface area contributed by atoms with Crippen LogP contribution in [0.1, 0.15) is 40.9 Å². The molecule has 0 saturated carbocycles. The molecule has 182 valence electrons. The molecular weight excluding hydrogens is 448 g/mol. The largest absolute Gasteiger partial charge is 0.481 e. The molecule has 1 aromatic heterocycles. The fraction of sp³-hybridized carbons (Fsp3) is 0.308. The quantitative estimate of drug-likeness (QED) is 0.261. The van der Waals surface area contributed by atoms with Crippen LogP contribution in [0.2, 0.25) is 0 Å². The Morgan fingerprint density at radius 1 is 1.17 bits per heavy atom. The Kier molecular flexibility index (Phi) is 7.14. The Hall–Kier alpha value is -4.14. The summed E-state index contributed by atoms with van der Waals surface area (Å²) in [5.74, 6) is -2.17. The van der Waals surface area contributed by atoms with E-state index in [1.807, 2.05) is 30.3 Å². The standard InChI is InChI=1S/C26H28N4O5/c27-24(28)17-8-9-21-18(11-17)13-22(35-21)25(33)29-15-20-12-19(14-23(31)32)26(34)30(20)10-4-7-16-5-2-1-3-6-16/h1-3,5-6,8-9,11,13,19-20H,4,7,10,12,14-15H2,(H3,27,28)(H,29,33)(H,31,32). The van der Waals surface area contributed by atoms with Crippen molar-refractivity contribution in [2.75, 3.05) is 13.1 Å². The van der Waals surface area contributed by atoms with Crippen molar-refractivity contribution in [2.24, 2.45) is 11.7 Å². The van der Waals surface area contributed by atoms with Crippen LogP contribution in [0.5, 0.6) is 0 Å². The van der Waals surface area contributed by atoms with E-state index < -0.39 is 17.8 Å². The van der Waals surface area contributed by atoms with Crippen LogP contribution in [0.3, 0.4) is 0 Å². The van der Waals surface area contributed by atoms with Crippen LogP contribution < -0.4 is 11.1 Å². The number of likely N-dealkylation sites (tertiary alicyclic amines) is 1. The monoisotopic (exact) mass is 476 g/mol. The number of amides is 2. The molecule has 2 aromatic carbocycles. The Morgan fingerprint density at radius 2 is 1.94 bits per heavy atom. The molecule has 0 bridgehead atoms. The molecule has 2 unspecified atom stereocenters. The second-order valence-electron chi connectivity index (χ2n) is 8.79. The number of nitrogens with one attached hydrogen (secondary N) is 2. The van der Waals surface area contributed by atoms with E-state index in [1.54, 1.807) is 29.2 Å². The van der Waals surface area contributed by atoms with Gasteiger partial charge in [-0.05, 0) is 49.1 Å². The van der Waals surface area contributed by atoms with Gasteiger partial charge in [-0.1, -0.05) is 30.3 Å². The number of rotatable bonds is 10. The van der Waals surface area contributed by atoms with Gasteiger partial charge in [0, 0.05) is 30.1 Å². The zero-order chi connectivity index (χ0) is 24.9. The molecule has 3 aromatic rings. The smallest absolute Gasteiger partial charge is 0.304 e. The number of furan rings is 1. The van der Waals surface area contributed by atoms with Crippen molar-refractivity contribution in [1.29, 1.82) is 5.41 Å². The van der Waals surface area contributed by atoms with Gasteiger partial charge in [0.25, 0.3) is 5.91 Å². The SMILES string of the molecule is N=C(N)c1ccc2oc(C(=O)NCC3CC(CC(=O)O)C(=O)N3CCCc3ccccc3)cc2c1. The molecule has 0 aliphatic carbocycles. The van der Waals surface area contributed by atoms with Crippen molar-refractivity contribution in [3.63, 3.8) is 0 Å². The molecule has 1 saturated heterocycles. The van der Waals surface area contributed by atoms with Crippen LogP contribution in [0.25, 0.3) is 11.0 Å². The minimum atomic E-state index is -1.01. The maximum Gasteiger partial charge on any atom is 0.304 e. The molecule has 2 amide bonds. The summed E-state index contributed by atoms with van der Waals surface area (Å²) < 4.78 is 5.63. The topological polar surface area (TPSA) is 150 Å². The lowest BCUT2D eigenvalue weighted by Crippen LogP contribution is -2.42. The Labute approximate surface area is 202 Å². The van der Waals surface area contributed by atoms with Gasteiger partial charge in [0.05, 0.1) is 12.3 Å². The molecule has 1 fully saturated rings. The number of benzene rings is 2. The maximum absolute atomic E-state index is 12.9. The molecule has 5 N–H and O–H groups in total. The Balaban J connectivity index is 1.41. The molecule has 2 heterocycles. The summed E-state index contributed by atoms with van der Waals surface area (Å²) in [6.45, 7) is 0.685. The number of carboxylic acids is 1. The lowest BCUT2D eigenvalue weighted by molar-refractivity contribution is -0.142. The maximum atomic E-state index is 12.9. The summed E-state index contributed by atoms with van der Waals surface area (Å²) in [6.07, 6.45) is 1.69. The van der Waals surface area contributed by atoms with Crippen molar-refractivity contribution >= 4 is 34.6 Å². The summed E-state index contributed by atoms with van der Waals surface area (Å²) in [5.41, 5.74) is 7.73. The van der Waals surface area contributed by atoms with Crippen molar-refractivity contribution < 1.29 is 23.9 Å². The molecule has 9 nitrogen and oxygen atoms in total. The van der Waals surface area contributed by atoms with Crippen LogP contribution in [-0.4, -0.2) is 52.8 Å². The zero-order valence-corrected chi connectivity index (χ0v) is 19.2. The first-order valence-corrected chi connectivity index (χ1v) is 11.5. The number of aryl methyl sites for hydroxylation is 1. The van der Waals surface area contributed by atoms with E-state index in [0.29, 0.717) is 29.5 Å². The third-order valence-corrected chi connectivity index (χ3v) is 6.31. The van der Waals surface area contributed by atoms with Gasteiger partial charge in [-0.3, -0.25) is 19.8 Å². The highest BCUT2D eigenvalue weighted by atomic mass is 16.4. The highest BCUT2D eigenvalue weighted by Gasteiger charge is 2.40. The van der Waals surface area contributed by atoms with Crippen molar-refractivity contribution in [2.45, 2.75) is 31.7 Å². The molecule has 4 rings (SSSR count). The summed E-state index contributed by atoms with van der Waals surface area (Å²) in [5, 5.41) is 20.2. The van der Waals surface area contributed by atoms with Crippen LogP contribution in [0.4, 0.5) is 0 Å². The fourth-order valence-electron chi connectivity index (χ4n) is 4.56. The molecule has 0 spiro atoms. The summed E-state index contributed by atoms with van der Waals surface area (Å²) >= 11 is 0. The Morgan fingerprint density at radius 3 is 2.66 bits per heavy atom. The molecule has 0 radical (unpaired) electrons. The van der Waals surface area contributed by atoms with Crippen LogP contribution in [-0.2, 0) is 16.0 Å². The number of carboxylic acid groups (broad SMARTS) is 1. The summed E-state index contributed by atoms with van der Waals surface area (Å²) in [7, 11) is 0. The number of carbonyl (C=O) groups is 3. The van der Waals surface area contributed by atoms with Crippen LogP contribution in [0.15, 0.2) is 59.0 Å². The van der Waals surface area contributed by atoms with Gasteiger partial charge < -0.3 is 25.5 Å². The zero-order valence-electron chi connectivity index (χ0n) is 19.2. The second kappa shape index (κ2) is 10.4. The summed E-state index contributed by atoms with van der Waals surface area (Å²) in [4.78, 5) is 38.6. The van der Waals surface area contributed by atoms with Crippen LogP contribution in [0, 0.1) is 11.3 Å². The first-order valence-electron chi connectivity index (χ1n) is 11.5. The highest BCUT2D eigenvalue weighted by molar-refractivity contribution is 6.00. The van der Waals surface area contributed by atoms with E-state index in [-0.39, 0.29) is 36.5 Å². The van der Waals surface area contributed by atoms with Gasteiger partial charge in [0.2, 0.25) is 5.91 Å². The van der Waals surface area contributed by atoms with Gasteiger partial charge >= 0.3 is 5.97 Å².